The van der Waals surface area contributed by atoms with E-state index in [1.165, 1.54) is 10.6 Å². The Morgan fingerprint density at radius 3 is 2.91 bits per heavy atom. The van der Waals surface area contributed by atoms with E-state index in [0.717, 1.165) is 5.03 Å². The van der Waals surface area contributed by atoms with E-state index >= 15 is 0 Å². The van der Waals surface area contributed by atoms with Gasteiger partial charge in [-0.15, -0.1) is 12.6 Å². The number of benzene rings is 1. The Morgan fingerprint density at radius 2 is 2.18 bits per heavy atom. The van der Waals surface area contributed by atoms with Gasteiger partial charge < -0.3 is 5.32 Å². The lowest BCUT2D eigenvalue weighted by atomic mass is 10.3. The van der Waals surface area contributed by atoms with E-state index in [-0.39, 0.29) is 0 Å². The Kier molecular flexibility index (Phi) is 1.84. The first-order chi connectivity index (χ1) is 5.40. The van der Waals surface area contributed by atoms with Crippen molar-refractivity contribution in [2.24, 2.45) is 0 Å². The van der Waals surface area contributed by atoms with Gasteiger partial charge in [0.1, 0.15) is 0 Å². The van der Waals surface area contributed by atoms with Gasteiger partial charge in [0.15, 0.2) is 0 Å². The second-order valence-corrected chi connectivity index (χ2v) is 3.56. The van der Waals surface area contributed by atoms with Crippen molar-refractivity contribution in [2.45, 2.75) is 4.90 Å². The molecule has 1 aliphatic heterocycles. The summed E-state index contributed by atoms with van der Waals surface area (Å²) >= 11 is 5.78. The highest BCUT2D eigenvalue weighted by molar-refractivity contribution is 8.04. The standard InChI is InChI=1S/C8H7NS2/c10-5-8-9-6-3-1-2-4-7(6)11-8/h1-5,9-10H/b8-5+. The molecular weight excluding hydrogens is 174 g/mol. The normalized spacial score (nSPS) is 18.1. The molecule has 1 aliphatic rings. The van der Waals surface area contributed by atoms with E-state index in [0.29, 0.717) is 0 Å². The maximum Gasteiger partial charge on any atom is 0.0836 e. The Hall–Kier alpha value is -0.540. The molecule has 0 amide bonds. The van der Waals surface area contributed by atoms with Crippen molar-refractivity contribution < 1.29 is 0 Å². The molecule has 1 nitrogen and oxygen atoms in total. The van der Waals surface area contributed by atoms with Crippen LogP contribution in [-0.2, 0) is 0 Å². The van der Waals surface area contributed by atoms with E-state index in [4.69, 9.17) is 0 Å². The third kappa shape index (κ3) is 1.26. The van der Waals surface area contributed by atoms with Gasteiger partial charge >= 0.3 is 0 Å². The lowest BCUT2D eigenvalue weighted by Gasteiger charge is -1.94. The number of para-hydroxylation sites is 1. The molecule has 1 aromatic carbocycles. The minimum atomic E-state index is 1.09. The van der Waals surface area contributed by atoms with Gasteiger partial charge in [0.2, 0.25) is 0 Å². The molecule has 0 radical (unpaired) electrons. The van der Waals surface area contributed by atoms with Crippen molar-refractivity contribution in [1.82, 2.24) is 0 Å². The third-order valence-corrected chi connectivity index (χ3v) is 2.93. The maximum atomic E-state index is 4.07. The fraction of sp³-hybridized carbons (Fsp3) is 0. The number of hydrogen-bond donors (Lipinski definition) is 2. The topological polar surface area (TPSA) is 12.0 Å². The molecule has 1 N–H and O–H groups in total. The molecule has 11 heavy (non-hydrogen) atoms. The summed E-state index contributed by atoms with van der Waals surface area (Å²) in [6, 6.07) is 8.21. The molecule has 0 unspecified atom stereocenters. The van der Waals surface area contributed by atoms with Crippen molar-refractivity contribution >= 4 is 30.1 Å². The summed E-state index contributed by atoms with van der Waals surface area (Å²) in [5.74, 6) is 0. The van der Waals surface area contributed by atoms with Crippen molar-refractivity contribution in [3.8, 4) is 0 Å². The summed E-state index contributed by atoms with van der Waals surface area (Å²) in [5, 5.41) is 6.11. The SMILES string of the molecule is S/C=C1\Nc2ccccc2S1. The number of thioether (sulfide) groups is 1. The molecule has 0 saturated heterocycles. The number of thiol groups is 1. The summed E-state index contributed by atoms with van der Waals surface area (Å²) in [7, 11) is 0. The molecule has 2 rings (SSSR count). The number of rotatable bonds is 0. The fourth-order valence-electron chi connectivity index (χ4n) is 0.994. The van der Waals surface area contributed by atoms with Crippen LogP contribution in [0.15, 0.2) is 39.6 Å². The van der Waals surface area contributed by atoms with Crippen LogP contribution in [0.25, 0.3) is 0 Å². The second-order valence-electron chi connectivity index (χ2n) is 2.22. The second kappa shape index (κ2) is 2.83. The smallest absolute Gasteiger partial charge is 0.0836 e. The first-order valence-electron chi connectivity index (χ1n) is 3.28. The lowest BCUT2D eigenvalue weighted by Crippen LogP contribution is -1.85. The van der Waals surface area contributed by atoms with Crippen LogP contribution in [0.3, 0.4) is 0 Å². The molecule has 1 aromatic rings. The van der Waals surface area contributed by atoms with Crippen LogP contribution in [0.5, 0.6) is 0 Å². The molecule has 0 aromatic heterocycles. The number of anilines is 1. The van der Waals surface area contributed by atoms with Crippen LogP contribution in [0.2, 0.25) is 0 Å². The van der Waals surface area contributed by atoms with E-state index in [1.807, 2.05) is 12.1 Å². The molecule has 0 fully saturated rings. The highest BCUT2D eigenvalue weighted by atomic mass is 32.2. The van der Waals surface area contributed by atoms with Gasteiger partial charge in [-0.25, -0.2) is 0 Å². The van der Waals surface area contributed by atoms with E-state index in [2.05, 4.69) is 30.1 Å². The van der Waals surface area contributed by atoms with Gasteiger partial charge in [-0.2, -0.15) is 0 Å². The number of nitrogens with one attached hydrogen (secondary N) is 1. The zero-order valence-corrected chi connectivity index (χ0v) is 7.45. The molecule has 3 heteroatoms. The van der Waals surface area contributed by atoms with Gasteiger partial charge in [0, 0.05) is 4.90 Å². The van der Waals surface area contributed by atoms with Crippen LogP contribution in [-0.4, -0.2) is 0 Å². The summed E-state index contributed by atoms with van der Waals surface area (Å²) in [4.78, 5) is 1.27. The third-order valence-electron chi connectivity index (χ3n) is 1.48. The van der Waals surface area contributed by atoms with E-state index in [9.17, 15) is 0 Å². The van der Waals surface area contributed by atoms with Crippen molar-refractivity contribution in [1.29, 1.82) is 0 Å². The Balaban J connectivity index is 2.41. The van der Waals surface area contributed by atoms with Crippen LogP contribution >= 0.6 is 24.4 Å². The Bertz CT molecular complexity index is 280. The monoisotopic (exact) mass is 181 g/mol. The van der Waals surface area contributed by atoms with E-state index in [1.54, 1.807) is 17.2 Å². The molecule has 0 aliphatic carbocycles. The quantitative estimate of drug-likeness (QED) is 0.597. The summed E-state index contributed by atoms with van der Waals surface area (Å²) in [6.07, 6.45) is 0. The molecule has 0 spiro atoms. The van der Waals surface area contributed by atoms with Crippen LogP contribution < -0.4 is 5.32 Å². The van der Waals surface area contributed by atoms with Crippen molar-refractivity contribution in [2.75, 3.05) is 5.32 Å². The average Bonchev–Trinajstić information content (AvgIpc) is 2.46. The minimum absolute atomic E-state index is 1.09. The van der Waals surface area contributed by atoms with Crippen LogP contribution in [0.4, 0.5) is 5.69 Å². The molecule has 0 atom stereocenters. The van der Waals surface area contributed by atoms with Crippen molar-refractivity contribution in [3.05, 3.63) is 34.7 Å². The highest BCUT2D eigenvalue weighted by Gasteiger charge is 2.12. The van der Waals surface area contributed by atoms with Gasteiger partial charge in [-0.05, 0) is 17.5 Å². The lowest BCUT2D eigenvalue weighted by molar-refractivity contribution is 1.46. The predicted octanol–water partition coefficient (Wildman–Crippen LogP) is 2.93. The summed E-state index contributed by atoms with van der Waals surface area (Å²) in [5.41, 5.74) is 1.18. The van der Waals surface area contributed by atoms with Gasteiger partial charge in [0.05, 0.1) is 10.7 Å². The summed E-state index contributed by atoms with van der Waals surface area (Å²) in [6.45, 7) is 0. The Labute approximate surface area is 75.3 Å². The Morgan fingerprint density at radius 1 is 1.36 bits per heavy atom. The minimum Gasteiger partial charge on any atom is -0.349 e. The average molecular weight is 181 g/mol. The zero-order valence-electron chi connectivity index (χ0n) is 5.74. The van der Waals surface area contributed by atoms with Gasteiger partial charge in [-0.3, -0.25) is 0 Å². The number of fused-ring (bicyclic) bond motifs is 1. The molecule has 1 heterocycles. The first-order valence-corrected chi connectivity index (χ1v) is 4.62. The summed E-state index contributed by atoms with van der Waals surface area (Å²) < 4.78 is 0. The molecule has 56 valence electrons. The number of hydrogen-bond acceptors (Lipinski definition) is 3. The molecule has 0 bridgehead atoms. The predicted molar refractivity (Wildman–Crippen MR) is 53.0 cm³/mol. The highest BCUT2D eigenvalue weighted by Crippen LogP contribution is 2.40. The first kappa shape index (κ1) is 7.13. The van der Waals surface area contributed by atoms with Crippen LogP contribution in [0.1, 0.15) is 0 Å². The van der Waals surface area contributed by atoms with E-state index < -0.39 is 0 Å². The zero-order chi connectivity index (χ0) is 7.68. The largest absolute Gasteiger partial charge is 0.349 e. The van der Waals surface area contributed by atoms with Crippen molar-refractivity contribution in [3.63, 3.8) is 0 Å². The fourth-order valence-corrected chi connectivity index (χ4v) is 2.04. The molecule has 0 saturated carbocycles. The maximum absolute atomic E-state index is 4.07. The van der Waals surface area contributed by atoms with Gasteiger partial charge in [0.25, 0.3) is 0 Å². The van der Waals surface area contributed by atoms with Gasteiger partial charge in [-0.1, -0.05) is 23.9 Å². The van der Waals surface area contributed by atoms with Crippen LogP contribution in [0, 0.1) is 0 Å². The molecular formula is C8H7NS2.